The number of carbonyl (C=O) groups is 1. The van der Waals surface area contributed by atoms with Crippen LogP contribution in [0.1, 0.15) is 23.9 Å². The molecule has 0 bridgehead atoms. The summed E-state index contributed by atoms with van der Waals surface area (Å²) in [5, 5.41) is 3.54. The first kappa shape index (κ1) is 27.1. The highest BCUT2D eigenvalue weighted by Crippen LogP contribution is 2.34. The van der Waals surface area contributed by atoms with E-state index in [-0.39, 0.29) is 12.1 Å². The molecule has 1 aromatic carbocycles. The zero-order valence-corrected chi connectivity index (χ0v) is 20.5. The number of ether oxygens (including phenoxy) is 1. The van der Waals surface area contributed by atoms with Crippen molar-refractivity contribution in [2.45, 2.75) is 26.6 Å². The molecule has 4 rings (SSSR count). The van der Waals surface area contributed by atoms with E-state index >= 15 is 0 Å². The Morgan fingerprint density at radius 2 is 1.81 bits per heavy atom. The number of aromatic nitrogens is 3. The third-order valence-electron chi connectivity index (χ3n) is 5.61. The number of aryl methyl sites for hydroxylation is 1. The van der Waals surface area contributed by atoms with E-state index in [0.29, 0.717) is 28.6 Å². The van der Waals surface area contributed by atoms with Crippen molar-refractivity contribution in [3.05, 3.63) is 47.0 Å². The summed E-state index contributed by atoms with van der Waals surface area (Å²) in [5.74, 6) is -0.0956. The highest BCUT2D eigenvalue weighted by atomic mass is 19.4. The number of piperazine rings is 1. The molecule has 0 atom stereocenters. The number of pyridine rings is 1. The molecule has 1 fully saturated rings. The van der Waals surface area contributed by atoms with Crippen molar-refractivity contribution in [2.75, 3.05) is 50.6 Å². The van der Waals surface area contributed by atoms with Gasteiger partial charge in [-0.1, -0.05) is 12.1 Å². The van der Waals surface area contributed by atoms with E-state index in [9.17, 15) is 17.6 Å². The molecule has 0 spiro atoms. The smallest absolute Gasteiger partial charge is 0.419 e. The number of nitrogens with one attached hydrogen (secondary N) is 1. The van der Waals surface area contributed by atoms with Crippen LogP contribution in [0.3, 0.4) is 0 Å². The summed E-state index contributed by atoms with van der Waals surface area (Å²) >= 11 is 0. The summed E-state index contributed by atoms with van der Waals surface area (Å²) in [5.41, 5.74) is -0.257. The van der Waals surface area contributed by atoms with Gasteiger partial charge in [0.05, 0.1) is 18.1 Å². The number of likely N-dealkylation sites (N-methyl/N-ethyl adjacent to an activating group) is 1. The molecule has 3 aromatic rings. The first-order valence-corrected chi connectivity index (χ1v) is 11.2. The molecule has 1 saturated heterocycles. The van der Waals surface area contributed by atoms with Gasteiger partial charge in [-0.2, -0.15) is 18.2 Å². The molecule has 0 aliphatic carbocycles. The van der Waals surface area contributed by atoms with Crippen molar-refractivity contribution >= 4 is 28.8 Å². The number of nitrogens with zero attached hydrogens (tertiary/aromatic N) is 5. The Morgan fingerprint density at radius 1 is 1.14 bits per heavy atom. The van der Waals surface area contributed by atoms with Crippen LogP contribution in [-0.4, -0.2) is 66.5 Å². The van der Waals surface area contributed by atoms with Crippen molar-refractivity contribution in [2.24, 2.45) is 0 Å². The molecule has 1 aliphatic rings. The quantitative estimate of drug-likeness (QED) is 0.408. The Hall–Kier alpha value is -3.54. The number of halogens is 4. The predicted molar refractivity (Wildman–Crippen MR) is 129 cm³/mol. The van der Waals surface area contributed by atoms with Crippen molar-refractivity contribution < 1.29 is 27.1 Å². The lowest BCUT2D eigenvalue weighted by Gasteiger charge is -2.34. The van der Waals surface area contributed by atoms with Crippen molar-refractivity contribution in [1.29, 1.82) is 0 Å². The fraction of sp³-hybridized carbons (Fsp3) is 0.417. The van der Waals surface area contributed by atoms with Crippen LogP contribution < -0.4 is 15.0 Å². The summed E-state index contributed by atoms with van der Waals surface area (Å²) in [7, 11) is 3.59. The molecule has 1 aliphatic heterocycles. The van der Waals surface area contributed by atoms with Crippen LogP contribution >= 0.6 is 0 Å². The second-order valence-corrected chi connectivity index (χ2v) is 8.16. The average molecular weight is 509 g/mol. The van der Waals surface area contributed by atoms with Gasteiger partial charge in [0.1, 0.15) is 29.4 Å². The standard InChI is InChI=1S/C22H24F4N6O.C2H4O/c1-13-28-19(27-12-14-5-4-6-16(18(14)23)22(24,25)26)15-11-17(21(33-3)30-20(15)29-13)32-9-7-31(2)8-10-32;1-2-3/h4-6,11H,7-10,12H2,1-3H3,(H,27,28,29,30);2H,1H3. The Kier molecular flexibility index (Phi) is 8.62. The number of anilines is 2. The molecule has 2 aromatic heterocycles. The van der Waals surface area contributed by atoms with Crippen LogP contribution in [0.25, 0.3) is 11.0 Å². The van der Waals surface area contributed by atoms with E-state index in [0.717, 1.165) is 44.2 Å². The normalized spacial score (nSPS) is 14.3. The number of benzene rings is 1. The lowest BCUT2D eigenvalue weighted by atomic mass is 10.1. The maximum absolute atomic E-state index is 14.5. The number of methoxy groups -OCH3 is 1. The van der Waals surface area contributed by atoms with Gasteiger partial charge >= 0.3 is 6.18 Å². The van der Waals surface area contributed by atoms with Gasteiger partial charge in [0.25, 0.3) is 0 Å². The van der Waals surface area contributed by atoms with Crippen LogP contribution in [-0.2, 0) is 17.5 Å². The Balaban J connectivity index is 0.00000115. The van der Waals surface area contributed by atoms with E-state index in [2.05, 4.69) is 37.1 Å². The average Bonchev–Trinajstić information content (AvgIpc) is 2.82. The van der Waals surface area contributed by atoms with Crippen LogP contribution in [0.4, 0.5) is 29.1 Å². The van der Waals surface area contributed by atoms with E-state index in [4.69, 9.17) is 9.53 Å². The largest absolute Gasteiger partial charge is 0.479 e. The van der Waals surface area contributed by atoms with E-state index in [1.165, 1.54) is 26.2 Å². The first-order chi connectivity index (χ1) is 17.1. The van der Waals surface area contributed by atoms with Gasteiger partial charge in [0.2, 0.25) is 5.88 Å². The van der Waals surface area contributed by atoms with Gasteiger partial charge in [-0.15, -0.1) is 0 Å². The number of hydrogen-bond donors (Lipinski definition) is 1. The van der Waals surface area contributed by atoms with Gasteiger partial charge in [0.15, 0.2) is 5.65 Å². The molecule has 12 heteroatoms. The molecular weight excluding hydrogens is 480 g/mol. The van der Waals surface area contributed by atoms with Gasteiger partial charge in [0, 0.05) is 38.3 Å². The third kappa shape index (κ3) is 6.17. The van der Waals surface area contributed by atoms with Gasteiger partial charge in [-0.3, -0.25) is 0 Å². The summed E-state index contributed by atoms with van der Waals surface area (Å²) in [6.07, 6.45) is -4.02. The molecule has 0 unspecified atom stereocenters. The Morgan fingerprint density at radius 3 is 2.42 bits per heavy atom. The minimum atomic E-state index is -4.77. The summed E-state index contributed by atoms with van der Waals surface area (Å²) in [6, 6.07) is 5.08. The Bertz CT molecular complexity index is 1210. The summed E-state index contributed by atoms with van der Waals surface area (Å²) < 4.78 is 59.2. The maximum atomic E-state index is 14.5. The van der Waals surface area contributed by atoms with Crippen LogP contribution in [0.2, 0.25) is 0 Å². The fourth-order valence-electron chi connectivity index (χ4n) is 3.81. The number of carbonyl (C=O) groups excluding carboxylic acids is 1. The van der Waals surface area contributed by atoms with Crippen molar-refractivity contribution in [3.63, 3.8) is 0 Å². The minimum absolute atomic E-state index is 0.116. The van der Waals surface area contributed by atoms with E-state index in [1.54, 1.807) is 6.92 Å². The fourth-order valence-corrected chi connectivity index (χ4v) is 3.81. The lowest BCUT2D eigenvalue weighted by molar-refractivity contribution is -0.140. The number of alkyl halides is 3. The van der Waals surface area contributed by atoms with Crippen LogP contribution in [0, 0.1) is 12.7 Å². The molecule has 0 amide bonds. The van der Waals surface area contributed by atoms with E-state index in [1.807, 2.05) is 6.07 Å². The zero-order chi connectivity index (χ0) is 26.5. The molecular formula is C24H28F4N6O2. The zero-order valence-electron chi connectivity index (χ0n) is 20.5. The molecule has 194 valence electrons. The topological polar surface area (TPSA) is 83.5 Å². The second kappa shape index (κ2) is 11.5. The Labute approximate surface area is 206 Å². The number of aldehydes is 1. The number of hydrogen-bond acceptors (Lipinski definition) is 8. The monoisotopic (exact) mass is 508 g/mol. The summed E-state index contributed by atoms with van der Waals surface area (Å²) in [6.45, 7) is 6.27. The molecule has 0 saturated carbocycles. The number of fused-ring (bicyclic) bond motifs is 1. The van der Waals surface area contributed by atoms with Crippen molar-refractivity contribution in [3.8, 4) is 5.88 Å². The highest BCUT2D eigenvalue weighted by molar-refractivity contribution is 5.90. The van der Waals surface area contributed by atoms with Crippen LogP contribution in [0.15, 0.2) is 24.3 Å². The van der Waals surface area contributed by atoms with Crippen molar-refractivity contribution in [1.82, 2.24) is 19.9 Å². The van der Waals surface area contributed by atoms with Gasteiger partial charge in [-0.25, -0.2) is 14.4 Å². The minimum Gasteiger partial charge on any atom is -0.479 e. The number of rotatable bonds is 5. The molecule has 1 N–H and O–H groups in total. The second-order valence-electron chi connectivity index (χ2n) is 8.16. The predicted octanol–water partition coefficient (Wildman–Crippen LogP) is 4.07. The SMILES string of the molecule is CC=O.COc1nc2nc(C)nc(NCc3cccc(C(F)(F)F)c3F)c2cc1N1CCN(C)CC1. The lowest BCUT2D eigenvalue weighted by Crippen LogP contribution is -2.44. The highest BCUT2D eigenvalue weighted by Gasteiger charge is 2.34. The van der Waals surface area contributed by atoms with Crippen LogP contribution in [0.5, 0.6) is 5.88 Å². The maximum Gasteiger partial charge on any atom is 0.419 e. The molecule has 0 radical (unpaired) electrons. The first-order valence-electron chi connectivity index (χ1n) is 11.2. The molecule has 36 heavy (non-hydrogen) atoms. The molecule has 8 nitrogen and oxygen atoms in total. The van der Waals surface area contributed by atoms with Gasteiger partial charge < -0.3 is 24.6 Å². The third-order valence-corrected chi connectivity index (χ3v) is 5.61. The molecule has 3 heterocycles. The van der Waals surface area contributed by atoms with Gasteiger partial charge in [-0.05, 0) is 33.0 Å². The van der Waals surface area contributed by atoms with E-state index < -0.39 is 17.6 Å². The summed E-state index contributed by atoms with van der Waals surface area (Å²) in [4.78, 5) is 26.5.